The lowest BCUT2D eigenvalue weighted by molar-refractivity contribution is 0.102. The fraction of sp³-hybridized carbons (Fsp3) is 0.0909. The summed E-state index contributed by atoms with van der Waals surface area (Å²) in [5, 5.41) is 8.61. The van der Waals surface area contributed by atoms with Gasteiger partial charge in [-0.15, -0.1) is 0 Å². The highest BCUT2D eigenvalue weighted by Gasteiger charge is 2.12. The van der Waals surface area contributed by atoms with E-state index in [4.69, 9.17) is 5.73 Å². The molecule has 0 bridgehead atoms. The molecule has 88 valence electrons. The van der Waals surface area contributed by atoms with E-state index in [0.717, 1.165) is 0 Å². The zero-order chi connectivity index (χ0) is 12.4. The van der Waals surface area contributed by atoms with Crippen LogP contribution in [0.15, 0.2) is 24.4 Å². The molecule has 1 aromatic heterocycles. The van der Waals surface area contributed by atoms with Crippen LogP contribution in [0.4, 0.5) is 15.9 Å². The number of benzene rings is 1. The quantitative estimate of drug-likeness (QED) is 0.739. The molecular weight excluding hydrogens is 223 g/mol. The van der Waals surface area contributed by atoms with Gasteiger partial charge < -0.3 is 11.1 Å². The summed E-state index contributed by atoms with van der Waals surface area (Å²) in [5.74, 6) is -0.627. The molecule has 2 rings (SSSR count). The van der Waals surface area contributed by atoms with Gasteiger partial charge in [-0.25, -0.2) is 4.39 Å². The van der Waals surface area contributed by atoms with Crippen LogP contribution < -0.4 is 11.1 Å². The molecule has 5 nitrogen and oxygen atoms in total. The second-order valence-corrected chi connectivity index (χ2v) is 3.62. The minimum Gasteiger partial charge on any atom is -0.383 e. The monoisotopic (exact) mass is 234 g/mol. The van der Waals surface area contributed by atoms with Gasteiger partial charge >= 0.3 is 0 Å². The topological polar surface area (TPSA) is 83.8 Å². The van der Waals surface area contributed by atoms with Gasteiger partial charge in [0.15, 0.2) is 0 Å². The molecule has 0 fully saturated rings. The SMILES string of the molecule is Cc1ccc(NC(=O)c2cn[nH]c2N)cc1F. The lowest BCUT2D eigenvalue weighted by atomic mass is 10.2. The summed E-state index contributed by atoms with van der Waals surface area (Å²) in [6.07, 6.45) is 1.31. The fourth-order valence-electron chi connectivity index (χ4n) is 1.35. The van der Waals surface area contributed by atoms with Crippen LogP contribution in [0.5, 0.6) is 0 Å². The number of anilines is 2. The van der Waals surface area contributed by atoms with Crippen LogP contribution in [0, 0.1) is 12.7 Å². The number of aryl methyl sites for hydroxylation is 1. The van der Waals surface area contributed by atoms with Crippen molar-refractivity contribution in [1.29, 1.82) is 0 Å². The molecule has 17 heavy (non-hydrogen) atoms. The van der Waals surface area contributed by atoms with Crippen molar-refractivity contribution in [3.8, 4) is 0 Å². The van der Waals surface area contributed by atoms with E-state index in [9.17, 15) is 9.18 Å². The second kappa shape index (κ2) is 4.25. The van der Waals surface area contributed by atoms with Gasteiger partial charge in [-0.05, 0) is 24.6 Å². The van der Waals surface area contributed by atoms with Gasteiger partial charge in [-0.3, -0.25) is 9.89 Å². The Bertz CT molecular complexity index is 564. The summed E-state index contributed by atoms with van der Waals surface area (Å²) in [5.41, 5.74) is 6.62. The number of hydrogen-bond acceptors (Lipinski definition) is 3. The number of hydrogen-bond donors (Lipinski definition) is 3. The Hall–Kier alpha value is -2.37. The maximum atomic E-state index is 13.3. The third kappa shape index (κ3) is 2.25. The molecule has 0 aliphatic carbocycles. The van der Waals surface area contributed by atoms with Crippen molar-refractivity contribution in [3.63, 3.8) is 0 Å². The molecule has 0 radical (unpaired) electrons. The van der Waals surface area contributed by atoms with Crippen molar-refractivity contribution in [2.75, 3.05) is 11.1 Å². The molecule has 1 aromatic carbocycles. The Morgan fingerprint density at radius 2 is 2.29 bits per heavy atom. The predicted molar refractivity (Wildman–Crippen MR) is 62.1 cm³/mol. The average Bonchev–Trinajstić information content (AvgIpc) is 2.70. The Labute approximate surface area is 96.8 Å². The summed E-state index contributed by atoms with van der Waals surface area (Å²) in [6.45, 7) is 1.65. The van der Waals surface area contributed by atoms with Crippen LogP contribution in [-0.2, 0) is 0 Å². The van der Waals surface area contributed by atoms with Crippen molar-refractivity contribution in [3.05, 3.63) is 41.3 Å². The minimum atomic E-state index is -0.431. The molecule has 0 unspecified atom stereocenters. The van der Waals surface area contributed by atoms with E-state index in [0.29, 0.717) is 11.3 Å². The van der Waals surface area contributed by atoms with E-state index < -0.39 is 5.91 Å². The van der Waals surface area contributed by atoms with E-state index in [-0.39, 0.29) is 17.2 Å². The summed E-state index contributed by atoms with van der Waals surface area (Å²) >= 11 is 0. The third-order valence-electron chi connectivity index (χ3n) is 2.34. The maximum absolute atomic E-state index is 13.3. The number of aromatic nitrogens is 2. The van der Waals surface area contributed by atoms with Crippen molar-refractivity contribution in [2.45, 2.75) is 6.92 Å². The molecule has 0 atom stereocenters. The molecule has 6 heteroatoms. The molecule has 0 saturated carbocycles. The second-order valence-electron chi connectivity index (χ2n) is 3.62. The van der Waals surface area contributed by atoms with Crippen molar-refractivity contribution in [2.24, 2.45) is 0 Å². The smallest absolute Gasteiger partial charge is 0.261 e. The first-order valence-electron chi connectivity index (χ1n) is 4.94. The molecule has 1 heterocycles. The van der Waals surface area contributed by atoms with Crippen LogP contribution in [0.1, 0.15) is 15.9 Å². The normalized spacial score (nSPS) is 10.2. The first-order chi connectivity index (χ1) is 8.08. The van der Waals surface area contributed by atoms with Gasteiger partial charge in [0, 0.05) is 5.69 Å². The Morgan fingerprint density at radius 1 is 1.53 bits per heavy atom. The third-order valence-corrected chi connectivity index (χ3v) is 2.34. The number of nitrogen functional groups attached to an aromatic ring is 1. The number of rotatable bonds is 2. The van der Waals surface area contributed by atoms with Crippen molar-refractivity contribution >= 4 is 17.4 Å². The highest BCUT2D eigenvalue weighted by molar-refractivity contribution is 6.07. The molecule has 0 aliphatic rings. The molecule has 0 saturated heterocycles. The average molecular weight is 234 g/mol. The van der Waals surface area contributed by atoms with E-state index in [1.807, 2.05) is 0 Å². The number of aromatic amines is 1. The summed E-state index contributed by atoms with van der Waals surface area (Å²) < 4.78 is 13.3. The number of nitrogens with two attached hydrogens (primary N) is 1. The highest BCUT2D eigenvalue weighted by atomic mass is 19.1. The summed E-state index contributed by atoms with van der Waals surface area (Å²) in [7, 11) is 0. The zero-order valence-electron chi connectivity index (χ0n) is 9.12. The number of halogens is 1. The van der Waals surface area contributed by atoms with Crippen LogP contribution in [0.25, 0.3) is 0 Å². The Kier molecular flexibility index (Phi) is 2.78. The number of H-pyrrole nitrogens is 1. The minimum absolute atomic E-state index is 0.176. The van der Waals surface area contributed by atoms with Gasteiger partial charge in [0.2, 0.25) is 0 Å². The van der Waals surface area contributed by atoms with Gasteiger partial charge in [0.1, 0.15) is 17.2 Å². The standard InChI is InChI=1S/C11H11FN4O/c1-6-2-3-7(4-9(6)12)15-11(17)8-5-14-16-10(8)13/h2-5H,1H3,(H,15,17)(H3,13,14,16). The van der Waals surface area contributed by atoms with Crippen molar-refractivity contribution < 1.29 is 9.18 Å². The highest BCUT2D eigenvalue weighted by Crippen LogP contribution is 2.15. The lowest BCUT2D eigenvalue weighted by Gasteiger charge is -2.05. The number of nitrogens with zero attached hydrogens (tertiary/aromatic N) is 1. The molecular formula is C11H11FN4O. The van der Waals surface area contributed by atoms with Gasteiger partial charge in [0.25, 0.3) is 5.91 Å². The van der Waals surface area contributed by atoms with E-state index >= 15 is 0 Å². The Balaban J connectivity index is 2.19. The number of amides is 1. The van der Waals surface area contributed by atoms with Crippen LogP contribution in [0.2, 0.25) is 0 Å². The number of carbonyl (C=O) groups excluding carboxylic acids is 1. The van der Waals surface area contributed by atoms with Crippen molar-refractivity contribution in [1.82, 2.24) is 10.2 Å². The first kappa shape index (κ1) is 11.1. The number of carbonyl (C=O) groups is 1. The molecule has 4 N–H and O–H groups in total. The van der Waals surface area contributed by atoms with Crippen LogP contribution in [0.3, 0.4) is 0 Å². The maximum Gasteiger partial charge on any atom is 0.261 e. The van der Waals surface area contributed by atoms with Crippen LogP contribution in [-0.4, -0.2) is 16.1 Å². The zero-order valence-corrected chi connectivity index (χ0v) is 9.12. The van der Waals surface area contributed by atoms with E-state index in [1.165, 1.54) is 12.3 Å². The van der Waals surface area contributed by atoms with E-state index in [1.54, 1.807) is 19.1 Å². The largest absolute Gasteiger partial charge is 0.383 e. The lowest BCUT2D eigenvalue weighted by Crippen LogP contribution is -2.13. The summed E-state index contributed by atoms with van der Waals surface area (Å²) in [6, 6.07) is 4.46. The summed E-state index contributed by atoms with van der Waals surface area (Å²) in [4.78, 5) is 11.7. The van der Waals surface area contributed by atoms with E-state index in [2.05, 4.69) is 15.5 Å². The molecule has 0 aliphatic heterocycles. The number of nitrogens with one attached hydrogen (secondary N) is 2. The fourth-order valence-corrected chi connectivity index (χ4v) is 1.35. The van der Waals surface area contributed by atoms with Crippen LogP contribution >= 0.6 is 0 Å². The molecule has 1 amide bonds. The van der Waals surface area contributed by atoms with Gasteiger partial charge in [-0.2, -0.15) is 5.10 Å². The van der Waals surface area contributed by atoms with Gasteiger partial charge in [0.05, 0.1) is 6.20 Å². The first-order valence-corrected chi connectivity index (χ1v) is 4.94. The molecule has 0 spiro atoms. The Morgan fingerprint density at radius 3 is 2.88 bits per heavy atom. The predicted octanol–water partition coefficient (Wildman–Crippen LogP) is 1.69. The van der Waals surface area contributed by atoms with Gasteiger partial charge in [-0.1, -0.05) is 6.07 Å². The molecule has 2 aromatic rings.